The third-order valence-electron chi connectivity index (χ3n) is 2.82. The Labute approximate surface area is 139 Å². The van der Waals surface area contributed by atoms with Gasteiger partial charge in [-0.15, -0.1) is 0 Å². The number of carbonyl (C=O) groups is 2. The second-order valence-electron chi connectivity index (χ2n) is 4.71. The number of carboxylic acid groups (broad SMARTS) is 1. The summed E-state index contributed by atoms with van der Waals surface area (Å²) in [5.74, 6) is -1.61. The number of primary sulfonamides is 1. The molecule has 0 aromatic heterocycles. The Kier molecular flexibility index (Phi) is 7.33. The Morgan fingerprint density at radius 1 is 1.25 bits per heavy atom. The molecular weight excluding hydrogens is 338 g/mol. The molecule has 0 aliphatic rings. The van der Waals surface area contributed by atoms with Crippen LogP contribution >= 0.6 is 0 Å². The number of carboxylic acids is 1. The van der Waals surface area contributed by atoms with Gasteiger partial charge in [-0.3, -0.25) is 10.2 Å². The van der Waals surface area contributed by atoms with E-state index in [1.165, 1.54) is 24.3 Å². The summed E-state index contributed by atoms with van der Waals surface area (Å²) < 4.78 is 27.2. The molecule has 0 fully saturated rings. The Hall–Kier alpha value is -2.46. The highest BCUT2D eigenvalue weighted by Crippen LogP contribution is 2.13. The van der Waals surface area contributed by atoms with Crippen molar-refractivity contribution >= 4 is 33.4 Å². The minimum atomic E-state index is -3.79. The summed E-state index contributed by atoms with van der Waals surface area (Å²) in [4.78, 5) is 22.3. The average Bonchev–Trinajstić information content (AvgIpc) is 2.50. The van der Waals surface area contributed by atoms with Crippen LogP contribution in [0.2, 0.25) is 0 Å². The van der Waals surface area contributed by atoms with Crippen molar-refractivity contribution in [1.82, 2.24) is 0 Å². The van der Waals surface area contributed by atoms with E-state index in [1.807, 2.05) is 0 Å². The van der Waals surface area contributed by atoms with Crippen molar-refractivity contribution in [2.24, 2.45) is 10.2 Å². The molecule has 4 N–H and O–H groups in total. The smallest absolute Gasteiger partial charge is 0.354 e. The fraction of sp³-hybridized carbons (Fsp3) is 0.357. The number of nitrogens with two attached hydrogens (primary N) is 1. The van der Waals surface area contributed by atoms with Crippen molar-refractivity contribution in [1.29, 1.82) is 0 Å². The lowest BCUT2D eigenvalue weighted by molar-refractivity contribution is -0.137. The van der Waals surface area contributed by atoms with Gasteiger partial charge in [0.25, 0.3) is 0 Å². The zero-order chi connectivity index (χ0) is 18.2. The number of hydrazone groups is 1. The van der Waals surface area contributed by atoms with Crippen LogP contribution in [0.4, 0.5) is 5.69 Å². The fourth-order valence-electron chi connectivity index (χ4n) is 1.68. The topological polar surface area (TPSA) is 148 Å². The normalized spacial score (nSPS) is 11.8. The first kappa shape index (κ1) is 19.6. The van der Waals surface area contributed by atoms with Crippen molar-refractivity contribution in [3.8, 4) is 0 Å². The number of nitrogens with one attached hydrogen (secondary N) is 1. The van der Waals surface area contributed by atoms with Crippen molar-refractivity contribution < 1.29 is 27.9 Å². The van der Waals surface area contributed by atoms with Gasteiger partial charge in [0.1, 0.15) is 5.71 Å². The van der Waals surface area contributed by atoms with Crippen LogP contribution < -0.4 is 10.6 Å². The van der Waals surface area contributed by atoms with Gasteiger partial charge < -0.3 is 9.84 Å². The second-order valence-corrected chi connectivity index (χ2v) is 6.27. The van der Waals surface area contributed by atoms with Gasteiger partial charge in [-0.2, -0.15) is 5.10 Å². The molecule has 0 bridgehead atoms. The van der Waals surface area contributed by atoms with E-state index < -0.39 is 22.0 Å². The molecule has 0 spiro atoms. The van der Waals surface area contributed by atoms with Crippen molar-refractivity contribution in [2.75, 3.05) is 12.0 Å². The maximum absolute atomic E-state index is 11.8. The number of anilines is 1. The highest BCUT2D eigenvalue weighted by atomic mass is 32.2. The average molecular weight is 357 g/mol. The molecule has 0 aliphatic carbocycles. The summed E-state index contributed by atoms with van der Waals surface area (Å²) >= 11 is 0. The monoisotopic (exact) mass is 357 g/mol. The van der Waals surface area contributed by atoms with Gasteiger partial charge in [0.2, 0.25) is 10.0 Å². The van der Waals surface area contributed by atoms with E-state index in [0.29, 0.717) is 5.69 Å². The first-order chi connectivity index (χ1) is 11.2. The summed E-state index contributed by atoms with van der Waals surface area (Å²) in [5, 5.41) is 17.6. The fourth-order valence-corrected chi connectivity index (χ4v) is 2.19. The number of ether oxygens (including phenoxy) is 1. The predicted molar refractivity (Wildman–Crippen MR) is 87.0 cm³/mol. The van der Waals surface area contributed by atoms with E-state index in [9.17, 15) is 18.0 Å². The van der Waals surface area contributed by atoms with Gasteiger partial charge in [-0.1, -0.05) is 0 Å². The molecule has 1 aromatic rings. The Bertz CT molecular complexity index is 713. The van der Waals surface area contributed by atoms with Gasteiger partial charge in [-0.25, -0.2) is 18.4 Å². The molecule has 9 nitrogen and oxygen atoms in total. The highest BCUT2D eigenvalue weighted by Gasteiger charge is 2.14. The predicted octanol–water partition coefficient (Wildman–Crippen LogP) is 0.920. The lowest BCUT2D eigenvalue weighted by atomic mass is 10.1. The summed E-state index contributed by atoms with van der Waals surface area (Å²) in [5.41, 5.74) is 3.09. The van der Waals surface area contributed by atoms with Gasteiger partial charge in [0, 0.05) is 6.42 Å². The number of hydrogen-bond acceptors (Lipinski definition) is 7. The SMILES string of the molecule is CCOC(=O)/C(CCCC(=O)O)=N\Nc1ccc(S(N)(=O)=O)cc1. The lowest BCUT2D eigenvalue weighted by Gasteiger charge is -2.07. The molecule has 1 aromatic carbocycles. The number of benzene rings is 1. The van der Waals surface area contributed by atoms with Crippen LogP contribution in [0.15, 0.2) is 34.3 Å². The quantitative estimate of drug-likeness (QED) is 0.338. The Balaban J connectivity index is 2.81. The first-order valence-corrected chi connectivity index (χ1v) is 8.63. The number of sulfonamides is 1. The standard InChI is InChI=1S/C14H19N3O6S/c1-2-23-14(20)12(4-3-5-13(18)19)17-16-10-6-8-11(9-7-10)24(15,21)22/h6-9,16H,2-5H2,1H3,(H,18,19)(H2,15,21,22)/b17-12-. The van der Waals surface area contributed by atoms with Crippen LogP contribution in [-0.4, -0.2) is 37.8 Å². The van der Waals surface area contributed by atoms with E-state index in [4.69, 9.17) is 15.0 Å². The van der Waals surface area contributed by atoms with E-state index in [-0.39, 0.29) is 36.5 Å². The van der Waals surface area contributed by atoms with Gasteiger partial charge in [0.15, 0.2) is 0 Å². The number of esters is 1. The van der Waals surface area contributed by atoms with Crippen molar-refractivity contribution in [3.63, 3.8) is 0 Å². The number of carbonyl (C=O) groups excluding carboxylic acids is 1. The summed E-state index contributed by atoms with van der Waals surface area (Å²) in [6, 6.07) is 5.45. The second kappa shape index (κ2) is 8.99. The highest BCUT2D eigenvalue weighted by molar-refractivity contribution is 7.89. The van der Waals surface area contributed by atoms with E-state index >= 15 is 0 Å². The van der Waals surface area contributed by atoms with Crippen LogP contribution in [0.1, 0.15) is 26.2 Å². The largest absolute Gasteiger partial charge is 0.481 e. The molecule has 10 heteroatoms. The van der Waals surface area contributed by atoms with Crippen LogP contribution in [0, 0.1) is 0 Å². The molecule has 0 unspecified atom stereocenters. The molecule has 132 valence electrons. The Morgan fingerprint density at radius 2 is 1.88 bits per heavy atom. The molecule has 0 heterocycles. The molecule has 0 atom stereocenters. The maximum Gasteiger partial charge on any atom is 0.354 e. The van der Waals surface area contributed by atoms with Crippen LogP contribution in [0.25, 0.3) is 0 Å². The van der Waals surface area contributed by atoms with Crippen LogP contribution in [0.5, 0.6) is 0 Å². The van der Waals surface area contributed by atoms with Crippen molar-refractivity contribution in [3.05, 3.63) is 24.3 Å². The number of hydrogen-bond donors (Lipinski definition) is 3. The van der Waals surface area contributed by atoms with Gasteiger partial charge >= 0.3 is 11.9 Å². The molecule has 0 saturated carbocycles. The molecule has 0 amide bonds. The summed E-state index contributed by atoms with van der Waals surface area (Å²) in [6.07, 6.45) is 0.272. The van der Waals surface area contributed by atoms with Crippen LogP contribution in [-0.2, 0) is 24.3 Å². The lowest BCUT2D eigenvalue weighted by Crippen LogP contribution is -2.19. The summed E-state index contributed by atoms with van der Waals surface area (Å²) in [7, 11) is -3.79. The molecule has 0 saturated heterocycles. The molecule has 0 aliphatic heterocycles. The minimum absolute atomic E-state index is 0.0497. The maximum atomic E-state index is 11.8. The molecule has 1 rings (SSSR count). The first-order valence-electron chi connectivity index (χ1n) is 7.08. The van der Waals surface area contributed by atoms with Gasteiger partial charge in [-0.05, 0) is 44.0 Å². The summed E-state index contributed by atoms with van der Waals surface area (Å²) in [6.45, 7) is 1.81. The number of rotatable bonds is 9. The molecule has 0 radical (unpaired) electrons. The Morgan fingerprint density at radius 3 is 2.38 bits per heavy atom. The zero-order valence-corrected chi connectivity index (χ0v) is 13.9. The third kappa shape index (κ3) is 6.75. The van der Waals surface area contributed by atoms with Gasteiger partial charge in [0.05, 0.1) is 17.2 Å². The van der Waals surface area contributed by atoms with E-state index in [2.05, 4.69) is 10.5 Å². The number of aliphatic carboxylic acids is 1. The van der Waals surface area contributed by atoms with Crippen molar-refractivity contribution in [2.45, 2.75) is 31.1 Å². The van der Waals surface area contributed by atoms with E-state index in [1.54, 1.807) is 6.92 Å². The van der Waals surface area contributed by atoms with Crippen LogP contribution in [0.3, 0.4) is 0 Å². The van der Waals surface area contributed by atoms with E-state index in [0.717, 1.165) is 0 Å². The minimum Gasteiger partial charge on any atom is -0.481 e. The zero-order valence-electron chi connectivity index (χ0n) is 13.1. The third-order valence-corrected chi connectivity index (χ3v) is 3.75. The molecular formula is C14H19N3O6S. The number of nitrogens with zero attached hydrogens (tertiary/aromatic N) is 1. The molecule has 24 heavy (non-hydrogen) atoms.